The third-order valence-electron chi connectivity index (χ3n) is 4.16. The average molecular weight is 363 g/mol. The Bertz CT molecular complexity index is 685. The number of rotatable bonds is 4. The number of hydrogen-bond donors (Lipinski definition) is 1. The number of nitrogens with two attached hydrogens (primary N) is 1. The molecule has 0 fully saturated rings. The van der Waals surface area contributed by atoms with E-state index in [2.05, 4.69) is 5.10 Å². The van der Waals surface area contributed by atoms with Crippen LogP contribution in [0.2, 0.25) is 0 Å². The summed E-state index contributed by atoms with van der Waals surface area (Å²) in [5, 5.41) is 5.94. The molecule has 0 bridgehead atoms. The highest BCUT2D eigenvalue weighted by atomic mass is 32.2. The molecule has 1 aromatic rings. The van der Waals surface area contributed by atoms with Crippen LogP contribution in [-0.2, 0) is 19.2 Å². The molecule has 7 heteroatoms. The first-order chi connectivity index (χ1) is 11.7. The minimum absolute atomic E-state index is 0.202. The maximum Gasteiger partial charge on any atom is 0.312 e. The molecule has 0 aliphatic carbocycles. The lowest BCUT2D eigenvalue weighted by atomic mass is 9.87. The van der Waals surface area contributed by atoms with Crippen LogP contribution in [0.4, 0.5) is 0 Å². The Labute approximate surface area is 152 Å². The fourth-order valence-corrected chi connectivity index (χ4v) is 4.24. The normalized spacial score (nSPS) is 21.6. The molecule has 0 saturated heterocycles. The third-order valence-corrected chi connectivity index (χ3v) is 5.46. The van der Waals surface area contributed by atoms with Crippen LogP contribution < -0.4 is 5.73 Å². The summed E-state index contributed by atoms with van der Waals surface area (Å²) in [6.45, 7) is 7.34. The highest BCUT2D eigenvalue weighted by molar-refractivity contribution is 8.14. The zero-order valence-electron chi connectivity index (χ0n) is 15.3. The molecule has 1 aliphatic heterocycles. The van der Waals surface area contributed by atoms with Gasteiger partial charge in [0.2, 0.25) is 5.91 Å². The summed E-state index contributed by atoms with van der Waals surface area (Å²) in [6, 6.07) is 9.40. The molecule has 1 aliphatic rings. The summed E-state index contributed by atoms with van der Waals surface area (Å²) in [5.74, 6) is -1.21. The Kier molecular flexibility index (Phi) is 5.46. The van der Waals surface area contributed by atoms with Crippen molar-refractivity contribution in [1.29, 1.82) is 0 Å². The molecule has 1 heterocycles. The lowest BCUT2D eigenvalue weighted by Crippen LogP contribution is -2.52. The first kappa shape index (κ1) is 19.3. The standard InChI is InChI=1S/C18H25N3O3S/c1-6-13(14(22)24-5)18(12-10-8-7-9-11-12)21(20-16(19)25-18)15(23)17(2,3)4/h7-11,13H,6H2,1-5H3,(H2,19,20). The van der Waals surface area contributed by atoms with E-state index >= 15 is 0 Å². The lowest BCUT2D eigenvalue weighted by molar-refractivity contribution is -0.154. The largest absolute Gasteiger partial charge is 0.469 e. The highest BCUT2D eigenvalue weighted by Crippen LogP contribution is 2.52. The average Bonchev–Trinajstić information content (AvgIpc) is 2.92. The molecule has 1 aromatic carbocycles. The predicted octanol–water partition coefficient (Wildman–Crippen LogP) is 2.89. The van der Waals surface area contributed by atoms with E-state index < -0.39 is 22.2 Å². The first-order valence-corrected chi connectivity index (χ1v) is 9.01. The second-order valence-electron chi connectivity index (χ2n) is 6.95. The highest BCUT2D eigenvalue weighted by Gasteiger charge is 2.57. The summed E-state index contributed by atoms with van der Waals surface area (Å²) in [6.07, 6.45) is 0.477. The van der Waals surface area contributed by atoms with E-state index in [9.17, 15) is 9.59 Å². The van der Waals surface area contributed by atoms with Crippen molar-refractivity contribution < 1.29 is 14.3 Å². The van der Waals surface area contributed by atoms with Crippen LogP contribution in [0.3, 0.4) is 0 Å². The molecule has 0 saturated carbocycles. The molecule has 2 rings (SSSR count). The van der Waals surface area contributed by atoms with Crippen molar-refractivity contribution in [2.45, 2.75) is 39.0 Å². The number of nitrogens with zero attached hydrogens (tertiary/aromatic N) is 2. The summed E-state index contributed by atoms with van der Waals surface area (Å²) in [5.41, 5.74) is 6.13. The molecule has 25 heavy (non-hydrogen) atoms. The Hall–Kier alpha value is -2.02. The van der Waals surface area contributed by atoms with Crippen molar-refractivity contribution in [2.24, 2.45) is 22.2 Å². The van der Waals surface area contributed by atoms with E-state index in [1.807, 2.05) is 58.0 Å². The number of hydrogen-bond acceptors (Lipinski definition) is 6. The molecule has 6 nitrogen and oxygen atoms in total. The number of ether oxygens (including phenoxy) is 1. The minimum atomic E-state index is -1.06. The van der Waals surface area contributed by atoms with Crippen molar-refractivity contribution in [3.05, 3.63) is 35.9 Å². The summed E-state index contributed by atoms with van der Waals surface area (Å²) < 4.78 is 5.03. The van der Waals surface area contributed by atoms with E-state index in [0.29, 0.717) is 6.42 Å². The predicted molar refractivity (Wildman–Crippen MR) is 99.4 cm³/mol. The second kappa shape index (κ2) is 7.07. The van der Waals surface area contributed by atoms with Gasteiger partial charge in [0.05, 0.1) is 13.0 Å². The molecule has 1 amide bonds. The quantitative estimate of drug-likeness (QED) is 0.832. The number of carbonyl (C=O) groups excluding carboxylic acids is 2. The van der Waals surface area contributed by atoms with Gasteiger partial charge >= 0.3 is 5.97 Å². The van der Waals surface area contributed by atoms with Gasteiger partial charge in [0.15, 0.2) is 10.0 Å². The monoisotopic (exact) mass is 363 g/mol. The smallest absolute Gasteiger partial charge is 0.312 e. The number of carbonyl (C=O) groups is 2. The van der Waals surface area contributed by atoms with Gasteiger partial charge in [-0.3, -0.25) is 9.59 Å². The van der Waals surface area contributed by atoms with E-state index in [0.717, 1.165) is 5.56 Å². The van der Waals surface area contributed by atoms with Crippen LogP contribution in [0.25, 0.3) is 0 Å². The topological polar surface area (TPSA) is 85.0 Å². The van der Waals surface area contributed by atoms with Gasteiger partial charge in [-0.15, -0.1) is 5.10 Å². The van der Waals surface area contributed by atoms with E-state index in [1.165, 1.54) is 23.9 Å². The second-order valence-corrected chi connectivity index (χ2v) is 8.20. The summed E-state index contributed by atoms with van der Waals surface area (Å²) in [7, 11) is 1.35. The molecule has 0 radical (unpaired) electrons. The van der Waals surface area contributed by atoms with E-state index in [1.54, 1.807) is 0 Å². The molecule has 2 atom stereocenters. The fraction of sp³-hybridized carbons (Fsp3) is 0.500. The molecule has 2 N–H and O–H groups in total. The zero-order valence-corrected chi connectivity index (χ0v) is 16.1. The van der Waals surface area contributed by atoms with Crippen molar-refractivity contribution >= 4 is 28.8 Å². The molecular weight excluding hydrogens is 338 g/mol. The molecule has 136 valence electrons. The van der Waals surface area contributed by atoms with Gasteiger partial charge in [0.1, 0.15) is 0 Å². The van der Waals surface area contributed by atoms with Crippen molar-refractivity contribution in [2.75, 3.05) is 7.11 Å². The minimum Gasteiger partial charge on any atom is -0.469 e. The Morgan fingerprint density at radius 1 is 1.32 bits per heavy atom. The SMILES string of the molecule is CCC(C(=O)OC)C1(c2ccccc2)SC(N)=NN1C(=O)C(C)(C)C. The van der Waals surface area contributed by atoms with Gasteiger partial charge in [0, 0.05) is 5.41 Å². The molecule has 0 spiro atoms. The molecule has 2 unspecified atom stereocenters. The Morgan fingerprint density at radius 3 is 2.40 bits per heavy atom. The lowest BCUT2D eigenvalue weighted by Gasteiger charge is -2.42. The van der Waals surface area contributed by atoms with Crippen molar-refractivity contribution in [1.82, 2.24) is 5.01 Å². The fourth-order valence-electron chi connectivity index (χ4n) is 2.93. The molecule has 0 aromatic heterocycles. The van der Waals surface area contributed by atoms with Gasteiger partial charge in [0.25, 0.3) is 0 Å². The number of hydrazone groups is 1. The van der Waals surface area contributed by atoms with Gasteiger partial charge < -0.3 is 10.5 Å². The first-order valence-electron chi connectivity index (χ1n) is 8.19. The van der Waals surface area contributed by atoms with Gasteiger partial charge in [-0.2, -0.15) is 0 Å². The van der Waals surface area contributed by atoms with Gasteiger partial charge in [-0.1, -0.05) is 69.8 Å². The Balaban J connectivity index is 2.70. The van der Waals surface area contributed by atoms with Crippen LogP contribution in [0.5, 0.6) is 0 Å². The van der Waals surface area contributed by atoms with Gasteiger partial charge in [-0.25, -0.2) is 5.01 Å². The van der Waals surface area contributed by atoms with Crippen LogP contribution in [0, 0.1) is 11.3 Å². The van der Waals surface area contributed by atoms with Crippen molar-refractivity contribution in [3.8, 4) is 0 Å². The van der Waals surface area contributed by atoms with Crippen LogP contribution in [-0.4, -0.2) is 29.2 Å². The maximum absolute atomic E-state index is 13.1. The van der Waals surface area contributed by atoms with E-state index in [-0.39, 0.29) is 11.1 Å². The van der Waals surface area contributed by atoms with E-state index in [4.69, 9.17) is 10.5 Å². The number of benzene rings is 1. The van der Waals surface area contributed by atoms with Gasteiger partial charge in [-0.05, 0) is 12.0 Å². The number of amides is 1. The van der Waals surface area contributed by atoms with Crippen LogP contribution >= 0.6 is 11.8 Å². The molecular formula is C18H25N3O3S. The zero-order chi connectivity index (χ0) is 18.8. The number of amidine groups is 1. The number of esters is 1. The Morgan fingerprint density at radius 2 is 1.92 bits per heavy atom. The number of methoxy groups -OCH3 is 1. The van der Waals surface area contributed by atoms with Crippen molar-refractivity contribution in [3.63, 3.8) is 0 Å². The van der Waals surface area contributed by atoms with Crippen LogP contribution in [0.1, 0.15) is 39.7 Å². The summed E-state index contributed by atoms with van der Waals surface area (Å²) in [4.78, 5) is 24.6. The van der Waals surface area contributed by atoms with Crippen LogP contribution in [0.15, 0.2) is 35.4 Å². The summed E-state index contributed by atoms with van der Waals surface area (Å²) >= 11 is 1.23. The number of thioether (sulfide) groups is 1. The maximum atomic E-state index is 13.1. The third kappa shape index (κ3) is 3.38.